The van der Waals surface area contributed by atoms with E-state index in [1.54, 1.807) is 12.1 Å². The van der Waals surface area contributed by atoms with E-state index in [0.29, 0.717) is 12.1 Å². The Balaban J connectivity index is 1.79. The van der Waals surface area contributed by atoms with Crippen LogP contribution < -0.4 is 16.4 Å². The average molecular weight is 327 g/mol. The lowest BCUT2D eigenvalue weighted by atomic mass is 10.1. The number of aromatic hydroxyl groups is 1. The van der Waals surface area contributed by atoms with Gasteiger partial charge in [-0.1, -0.05) is 12.1 Å². The van der Waals surface area contributed by atoms with Crippen LogP contribution in [0.2, 0.25) is 0 Å². The molecular formula is C17H17N3O4. The van der Waals surface area contributed by atoms with Crippen LogP contribution in [0, 0.1) is 0 Å². The van der Waals surface area contributed by atoms with Crippen LogP contribution in [0.1, 0.15) is 15.9 Å². The minimum Gasteiger partial charge on any atom is -0.508 e. The number of phenols is 1. The molecule has 0 spiro atoms. The lowest BCUT2D eigenvalue weighted by molar-refractivity contribution is -0.138. The minimum atomic E-state index is -1.03. The summed E-state index contributed by atoms with van der Waals surface area (Å²) < 4.78 is 0. The third-order valence-electron chi connectivity index (χ3n) is 3.24. The van der Waals surface area contributed by atoms with Gasteiger partial charge in [0, 0.05) is 17.8 Å². The molecule has 0 atom stereocenters. The second-order valence-electron chi connectivity index (χ2n) is 5.08. The molecule has 124 valence electrons. The van der Waals surface area contributed by atoms with E-state index >= 15 is 0 Å². The third-order valence-corrected chi connectivity index (χ3v) is 3.24. The summed E-state index contributed by atoms with van der Waals surface area (Å²) in [6.45, 7) is 0.229. The third kappa shape index (κ3) is 4.84. The maximum absolute atomic E-state index is 11.8. The number of hydrogen-bond donors (Lipinski definition) is 4. The van der Waals surface area contributed by atoms with Crippen LogP contribution in [-0.4, -0.2) is 29.4 Å². The number of anilines is 1. The van der Waals surface area contributed by atoms with Crippen molar-refractivity contribution in [1.29, 1.82) is 0 Å². The molecule has 0 unspecified atom stereocenters. The first kappa shape index (κ1) is 17.0. The van der Waals surface area contributed by atoms with Crippen molar-refractivity contribution in [3.63, 3.8) is 0 Å². The van der Waals surface area contributed by atoms with Crippen LogP contribution in [0.15, 0.2) is 48.5 Å². The number of rotatable bonds is 4. The number of benzene rings is 2. The van der Waals surface area contributed by atoms with Gasteiger partial charge in [-0.2, -0.15) is 0 Å². The molecule has 0 bridgehead atoms. The van der Waals surface area contributed by atoms with Gasteiger partial charge in [-0.3, -0.25) is 19.7 Å². The van der Waals surface area contributed by atoms with Crippen LogP contribution in [0.5, 0.6) is 5.75 Å². The molecule has 7 heteroatoms. The summed E-state index contributed by atoms with van der Waals surface area (Å²) in [5, 5.41) is 13.6. The number of nitrogens with two attached hydrogens (primary N) is 1. The first-order valence-electron chi connectivity index (χ1n) is 7.22. The molecule has 0 aliphatic carbocycles. The number of phenolic OH excluding ortho intramolecular Hbond substituents is 1. The molecule has 2 rings (SSSR count). The monoisotopic (exact) mass is 327 g/mol. The van der Waals surface area contributed by atoms with Gasteiger partial charge in [0.05, 0.1) is 0 Å². The van der Waals surface area contributed by atoms with E-state index in [9.17, 15) is 19.5 Å². The molecule has 0 aliphatic heterocycles. The molecule has 0 saturated carbocycles. The van der Waals surface area contributed by atoms with Gasteiger partial charge >= 0.3 is 11.8 Å². The number of amides is 3. The van der Waals surface area contributed by atoms with Crippen molar-refractivity contribution in [1.82, 2.24) is 10.6 Å². The van der Waals surface area contributed by atoms with E-state index in [-0.39, 0.29) is 17.9 Å². The van der Waals surface area contributed by atoms with Crippen molar-refractivity contribution < 1.29 is 19.5 Å². The van der Waals surface area contributed by atoms with Crippen LogP contribution in [0.25, 0.3) is 0 Å². The molecule has 5 N–H and O–H groups in total. The number of hydrogen-bond acceptors (Lipinski definition) is 5. The van der Waals surface area contributed by atoms with Gasteiger partial charge in [-0.25, -0.2) is 0 Å². The lowest BCUT2D eigenvalue weighted by Crippen LogP contribution is -2.43. The maximum atomic E-state index is 11.8. The summed E-state index contributed by atoms with van der Waals surface area (Å²) in [4.78, 5) is 35.2. The van der Waals surface area contributed by atoms with Gasteiger partial charge in [0.25, 0.3) is 5.91 Å². The molecular weight excluding hydrogens is 310 g/mol. The van der Waals surface area contributed by atoms with Gasteiger partial charge in [-0.05, 0) is 48.4 Å². The highest BCUT2D eigenvalue weighted by atomic mass is 16.3. The predicted octanol–water partition coefficient (Wildman–Crippen LogP) is 0.590. The normalized spacial score (nSPS) is 10.0. The van der Waals surface area contributed by atoms with E-state index in [2.05, 4.69) is 5.32 Å². The van der Waals surface area contributed by atoms with E-state index in [1.807, 2.05) is 5.32 Å². The van der Waals surface area contributed by atoms with Crippen LogP contribution >= 0.6 is 0 Å². The fourth-order valence-corrected chi connectivity index (χ4v) is 1.93. The lowest BCUT2D eigenvalue weighted by Gasteiger charge is -2.06. The first-order valence-corrected chi connectivity index (χ1v) is 7.22. The van der Waals surface area contributed by atoms with Crippen LogP contribution in [0.3, 0.4) is 0 Å². The van der Waals surface area contributed by atoms with Crippen LogP contribution in [-0.2, 0) is 16.0 Å². The number of imide groups is 1. The molecule has 2 aromatic carbocycles. The van der Waals surface area contributed by atoms with Gasteiger partial charge in [0.1, 0.15) is 5.75 Å². The zero-order chi connectivity index (χ0) is 17.5. The molecule has 0 aliphatic rings. The van der Waals surface area contributed by atoms with Gasteiger partial charge in [-0.15, -0.1) is 0 Å². The highest BCUT2D eigenvalue weighted by Gasteiger charge is 2.17. The zero-order valence-corrected chi connectivity index (χ0v) is 12.8. The van der Waals surface area contributed by atoms with Crippen molar-refractivity contribution >= 4 is 23.4 Å². The van der Waals surface area contributed by atoms with Gasteiger partial charge < -0.3 is 16.2 Å². The van der Waals surface area contributed by atoms with E-state index < -0.39 is 17.7 Å². The molecule has 0 fully saturated rings. The molecule has 0 radical (unpaired) electrons. The minimum absolute atomic E-state index is 0.156. The Kier molecular flexibility index (Phi) is 5.51. The van der Waals surface area contributed by atoms with Crippen molar-refractivity contribution in [2.24, 2.45) is 0 Å². The summed E-state index contributed by atoms with van der Waals surface area (Å²) in [5.74, 6) is -2.43. The quantitative estimate of drug-likeness (QED) is 0.484. The fourth-order valence-electron chi connectivity index (χ4n) is 1.93. The molecule has 0 heterocycles. The fraction of sp³-hybridized carbons (Fsp3) is 0.118. The van der Waals surface area contributed by atoms with Crippen molar-refractivity contribution in [3.05, 3.63) is 59.7 Å². The Morgan fingerprint density at radius 3 is 2.17 bits per heavy atom. The van der Waals surface area contributed by atoms with Crippen molar-refractivity contribution in [2.75, 3.05) is 12.3 Å². The summed E-state index contributed by atoms with van der Waals surface area (Å²) in [6.07, 6.45) is 0.491. The van der Waals surface area contributed by atoms with Crippen molar-refractivity contribution in [3.8, 4) is 5.75 Å². The number of carbonyl (C=O) groups is 3. The smallest absolute Gasteiger partial charge is 0.316 e. The van der Waals surface area contributed by atoms with E-state index in [1.165, 1.54) is 36.4 Å². The Bertz CT molecular complexity index is 739. The standard InChI is InChI=1S/C17H17N3O4/c18-13-5-3-12(4-6-13)15(22)20-17(24)16(23)19-10-9-11-1-7-14(21)8-2-11/h1-8,21H,9-10,18H2,(H,19,23)(H,20,22,24). The highest BCUT2D eigenvalue weighted by Crippen LogP contribution is 2.09. The predicted molar refractivity (Wildman–Crippen MR) is 88.1 cm³/mol. The summed E-state index contributed by atoms with van der Waals surface area (Å²) >= 11 is 0. The Hall–Kier alpha value is -3.35. The molecule has 0 aromatic heterocycles. The number of carbonyl (C=O) groups excluding carboxylic acids is 3. The molecule has 7 nitrogen and oxygen atoms in total. The summed E-state index contributed by atoms with van der Waals surface area (Å²) in [6, 6.07) is 12.5. The van der Waals surface area contributed by atoms with Gasteiger partial charge in [0.15, 0.2) is 0 Å². The average Bonchev–Trinajstić information content (AvgIpc) is 2.57. The highest BCUT2D eigenvalue weighted by molar-refractivity contribution is 6.38. The molecule has 3 amide bonds. The molecule has 0 saturated heterocycles. The largest absolute Gasteiger partial charge is 0.508 e. The number of nitrogens with one attached hydrogen (secondary N) is 2. The summed E-state index contributed by atoms with van der Waals surface area (Å²) in [7, 11) is 0. The van der Waals surface area contributed by atoms with Crippen LogP contribution in [0.4, 0.5) is 5.69 Å². The Labute approximate surface area is 138 Å². The molecule has 2 aromatic rings. The molecule has 24 heavy (non-hydrogen) atoms. The topological polar surface area (TPSA) is 122 Å². The number of nitrogen functional groups attached to an aromatic ring is 1. The second kappa shape index (κ2) is 7.77. The Morgan fingerprint density at radius 1 is 0.917 bits per heavy atom. The first-order chi connectivity index (χ1) is 11.5. The Morgan fingerprint density at radius 2 is 1.54 bits per heavy atom. The summed E-state index contributed by atoms with van der Waals surface area (Å²) in [5.41, 5.74) is 7.13. The van der Waals surface area contributed by atoms with Gasteiger partial charge in [0.2, 0.25) is 0 Å². The van der Waals surface area contributed by atoms with E-state index in [0.717, 1.165) is 5.56 Å². The van der Waals surface area contributed by atoms with Crippen molar-refractivity contribution in [2.45, 2.75) is 6.42 Å². The maximum Gasteiger partial charge on any atom is 0.316 e. The van der Waals surface area contributed by atoms with E-state index in [4.69, 9.17) is 5.73 Å². The second-order valence-corrected chi connectivity index (χ2v) is 5.08. The zero-order valence-electron chi connectivity index (χ0n) is 12.8. The SMILES string of the molecule is Nc1ccc(C(=O)NC(=O)C(=O)NCCc2ccc(O)cc2)cc1.